The third-order valence-electron chi connectivity index (χ3n) is 2.99. The van der Waals surface area contributed by atoms with Crippen LogP contribution in [0.4, 0.5) is 0 Å². The number of benzene rings is 2. The van der Waals surface area contributed by atoms with Crippen molar-refractivity contribution in [3.05, 3.63) is 65.2 Å². The van der Waals surface area contributed by atoms with Gasteiger partial charge >= 0.3 is 0 Å². The smallest absolute Gasteiger partial charge is 0.265 e. The second kappa shape index (κ2) is 7.42. The highest BCUT2D eigenvalue weighted by Gasteiger charge is 2.04. The van der Waals surface area contributed by atoms with E-state index in [2.05, 4.69) is 5.43 Å². The van der Waals surface area contributed by atoms with Crippen LogP contribution in [0.1, 0.15) is 21.5 Å². The van der Waals surface area contributed by atoms with Gasteiger partial charge in [0, 0.05) is 5.56 Å². The molecule has 3 N–H and O–H groups in total. The quantitative estimate of drug-likeness (QED) is 0.484. The van der Waals surface area contributed by atoms with Gasteiger partial charge in [-0.25, -0.2) is 5.84 Å². The summed E-state index contributed by atoms with van der Waals surface area (Å²) in [6.07, 6.45) is 0. The average molecular weight is 286 g/mol. The van der Waals surface area contributed by atoms with Crippen LogP contribution in [0.15, 0.2) is 48.5 Å². The van der Waals surface area contributed by atoms with E-state index in [1.807, 2.05) is 30.3 Å². The van der Waals surface area contributed by atoms with E-state index in [0.717, 1.165) is 16.9 Å². The molecule has 2 rings (SSSR count). The van der Waals surface area contributed by atoms with E-state index in [9.17, 15) is 4.79 Å². The number of hydrogen-bond acceptors (Lipinski definition) is 4. The zero-order valence-corrected chi connectivity index (χ0v) is 11.8. The molecule has 5 nitrogen and oxygen atoms in total. The Morgan fingerprint density at radius 1 is 1.10 bits per heavy atom. The van der Waals surface area contributed by atoms with Gasteiger partial charge in [0.25, 0.3) is 5.91 Å². The molecule has 0 bridgehead atoms. The number of hydrogen-bond donors (Lipinski definition) is 2. The van der Waals surface area contributed by atoms with Crippen LogP contribution in [-0.2, 0) is 18.0 Å². The van der Waals surface area contributed by atoms with Gasteiger partial charge in [0.1, 0.15) is 5.75 Å². The molecule has 0 saturated carbocycles. The molecule has 0 atom stereocenters. The van der Waals surface area contributed by atoms with Crippen LogP contribution < -0.4 is 16.0 Å². The molecule has 2 aromatic carbocycles. The number of carbonyl (C=O) groups excluding carboxylic acids is 1. The maximum absolute atomic E-state index is 11.4. The molecular formula is C16H18N2O3. The molecule has 0 aliphatic heterocycles. The summed E-state index contributed by atoms with van der Waals surface area (Å²) in [5.74, 6) is 5.60. The van der Waals surface area contributed by atoms with E-state index in [1.165, 1.54) is 0 Å². The zero-order valence-electron chi connectivity index (χ0n) is 11.8. The first-order valence-corrected chi connectivity index (χ1v) is 6.53. The molecule has 0 fully saturated rings. The summed E-state index contributed by atoms with van der Waals surface area (Å²) in [5.41, 5.74) is 4.57. The average Bonchev–Trinajstić information content (AvgIpc) is 2.54. The lowest BCUT2D eigenvalue weighted by atomic mass is 10.1. The summed E-state index contributed by atoms with van der Waals surface area (Å²) in [6, 6.07) is 14.9. The van der Waals surface area contributed by atoms with Gasteiger partial charge in [-0.05, 0) is 35.4 Å². The molecule has 2 aromatic rings. The first-order valence-electron chi connectivity index (χ1n) is 6.53. The van der Waals surface area contributed by atoms with Crippen molar-refractivity contribution in [1.29, 1.82) is 0 Å². The van der Waals surface area contributed by atoms with E-state index in [4.69, 9.17) is 15.3 Å². The van der Waals surface area contributed by atoms with Gasteiger partial charge in [0.05, 0.1) is 20.3 Å². The summed E-state index contributed by atoms with van der Waals surface area (Å²) < 4.78 is 10.8. The van der Waals surface area contributed by atoms with Crippen molar-refractivity contribution in [3.8, 4) is 5.75 Å². The number of rotatable bonds is 6. The van der Waals surface area contributed by atoms with Crippen molar-refractivity contribution in [2.45, 2.75) is 13.2 Å². The predicted molar refractivity (Wildman–Crippen MR) is 79.6 cm³/mol. The molecule has 0 heterocycles. The van der Waals surface area contributed by atoms with Crippen molar-refractivity contribution in [2.75, 3.05) is 7.11 Å². The fourth-order valence-electron chi connectivity index (χ4n) is 1.93. The Labute approximate surface area is 123 Å². The molecule has 0 aromatic heterocycles. The Bertz CT molecular complexity index is 614. The van der Waals surface area contributed by atoms with Gasteiger partial charge in [-0.3, -0.25) is 10.2 Å². The summed E-state index contributed by atoms with van der Waals surface area (Å²) in [5, 5.41) is 0. The number of nitrogen functional groups attached to an aromatic ring is 1. The minimum Gasteiger partial charge on any atom is -0.497 e. The van der Waals surface area contributed by atoms with Crippen LogP contribution >= 0.6 is 0 Å². The van der Waals surface area contributed by atoms with Gasteiger partial charge in [0.15, 0.2) is 0 Å². The van der Waals surface area contributed by atoms with Gasteiger partial charge in [-0.2, -0.15) is 0 Å². The third-order valence-corrected chi connectivity index (χ3v) is 2.99. The van der Waals surface area contributed by atoms with E-state index in [1.54, 1.807) is 25.3 Å². The Kier molecular flexibility index (Phi) is 5.31. The highest BCUT2D eigenvalue weighted by molar-refractivity contribution is 5.93. The fraction of sp³-hybridized carbons (Fsp3) is 0.188. The van der Waals surface area contributed by atoms with Gasteiger partial charge in [-0.15, -0.1) is 0 Å². The summed E-state index contributed by atoms with van der Waals surface area (Å²) in [6.45, 7) is 0.896. The minimum atomic E-state index is -0.315. The van der Waals surface area contributed by atoms with Crippen LogP contribution in [0.2, 0.25) is 0 Å². The summed E-state index contributed by atoms with van der Waals surface area (Å²) in [7, 11) is 1.63. The van der Waals surface area contributed by atoms with Gasteiger partial charge < -0.3 is 9.47 Å². The second-order valence-corrected chi connectivity index (χ2v) is 4.52. The number of nitrogens with two attached hydrogens (primary N) is 1. The van der Waals surface area contributed by atoms with Crippen LogP contribution in [0.3, 0.4) is 0 Å². The fourth-order valence-corrected chi connectivity index (χ4v) is 1.93. The molecule has 21 heavy (non-hydrogen) atoms. The number of nitrogens with one attached hydrogen (secondary N) is 1. The van der Waals surface area contributed by atoms with Crippen molar-refractivity contribution >= 4 is 5.91 Å². The Balaban J connectivity index is 1.92. The monoisotopic (exact) mass is 286 g/mol. The maximum Gasteiger partial charge on any atom is 0.265 e. The number of ether oxygens (including phenoxy) is 2. The Morgan fingerprint density at radius 2 is 1.76 bits per heavy atom. The lowest BCUT2D eigenvalue weighted by Gasteiger charge is -2.07. The largest absolute Gasteiger partial charge is 0.497 e. The first kappa shape index (κ1) is 15.0. The Hall–Kier alpha value is -2.37. The Morgan fingerprint density at radius 3 is 2.43 bits per heavy atom. The van der Waals surface area contributed by atoms with Gasteiger partial charge in [-0.1, -0.05) is 24.3 Å². The van der Waals surface area contributed by atoms with Gasteiger partial charge in [0.2, 0.25) is 0 Å². The molecule has 5 heteroatoms. The molecule has 0 saturated heterocycles. The molecule has 0 unspecified atom stereocenters. The highest BCUT2D eigenvalue weighted by Crippen LogP contribution is 2.14. The number of methoxy groups -OCH3 is 1. The molecule has 0 spiro atoms. The lowest BCUT2D eigenvalue weighted by molar-refractivity contribution is 0.0951. The van der Waals surface area contributed by atoms with E-state index >= 15 is 0 Å². The van der Waals surface area contributed by atoms with Crippen LogP contribution in [0.5, 0.6) is 5.75 Å². The molecule has 110 valence electrons. The van der Waals surface area contributed by atoms with Crippen molar-refractivity contribution < 1.29 is 14.3 Å². The minimum absolute atomic E-state index is 0.315. The predicted octanol–water partition coefficient (Wildman–Crippen LogP) is 2.02. The summed E-state index contributed by atoms with van der Waals surface area (Å²) in [4.78, 5) is 11.4. The molecular weight excluding hydrogens is 268 g/mol. The van der Waals surface area contributed by atoms with Crippen LogP contribution in [0, 0.1) is 0 Å². The third kappa shape index (κ3) is 4.30. The number of hydrazine groups is 1. The maximum atomic E-state index is 11.4. The van der Waals surface area contributed by atoms with Crippen LogP contribution in [-0.4, -0.2) is 13.0 Å². The number of carbonyl (C=O) groups is 1. The molecule has 0 aliphatic rings. The topological polar surface area (TPSA) is 73.6 Å². The molecule has 1 amide bonds. The zero-order chi connectivity index (χ0) is 15.1. The van der Waals surface area contributed by atoms with Crippen molar-refractivity contribution in [1.82, 2.24) is 5.43 Å². The SMILES string of the molecule is COc1cccc(COCc2cccc(C(=O)NN)c2)c1. The molecule has 0 radical (unpaired) electrons. The standard InChI is InChI=1S/C16H18N2O3/c1-20-15-7-3-5-13(9-15)11-21-10-12-4-2-6-14(8-12)16(19)18-17/h2-9H,10-11,17H2,1H3,(H,18,19). The van der Waals surface area contributed by atoms with Crippen molar-refractivity contribution in [3.63, 3.8) is 0 Å². The van der Waals surface area contributed by atoms with Crippen LogP contribution in [0.25, 0.3) is 0 Å². The second-order valence-electron chi connectivity index (χ2n) is 4.52. The normalized spacial score (nSPS) is 10.2. The molecule has 0 aliphatic carbocycles. The summed E-state index contributed by atoms with van der Waals surface area (Å²) >= 11 is 0. The lowest BCUT2D eigenvalue weighted by Crippen LogP contribution is -2.29. The van der Waals surface area contributed by atoms with Crippen molar-refractivity contribution in [2.24, 2.45) is 5.84 Å². The van der Waals surface area contributed by atoms with E-state index in [0.29, 0.717) is 18.8 Å². The van der Waals surface area contributed by atoms with E-state index < -0.39 is 0 Å². The van der Waals surface area contributed by atoms with E-state index in [-0.39, 0.29) is 5.91 Å². The number of amides is 1. The highest BCUT2D eigenvalue weighted by atomic mass is 16.5. The first-order chi connectivity index (χ1) is 10.2.